The highest BCUT2D eigenvalue weighted by atomic mass is 32.2. The van der Waals surface area contributed by atoms with Crippen molar-refractivity contribution < 1.29 is 8.95 Å². The Kier molecular flexibility index (Phi) is 5.48. The normalized spacial score (nSPS) is 12.7. The van der Waals surface area contributed by atoms with Crippen LogP contribution in [0, 0.1) is 5.92 Å². The maximum absolute atomic E-state index is 12.1. The van der Waals surface area contributed by atoms with Crippen LogP contribution in [-0.4, -0.2) is 16.6 Å². The molecule has 1 aromatic rings. The van der Waals surface area contributed by atoms with Gasteiger partial charge in [0, 0.05) is 11.4 Å². The molecule has 0 amide bonds. The van der Waals surface area contributed by atoms with Gasteiger partial charge in [-0.1, -0.05) is 13.8 Å². The molecule has 1 atom stereocenters. The molecular weight excluding hydrogens is 234 g/mol. The van der Waals surface area contributed by atoms with Crippen LogP contribution in [0.1, 0.15) is 27.2 Å². The fourth-order valence-corrected chi connectivity index (χ4v) is 2.90. The monoisotopic (exact) mass is 255 g/mol. The van der Waals surface area contributed by atoms with Gasteiger partial charge in [-0.2, -0.15) is 0 Å². The van der Waals surface area contributed by atoms with E-state index < -0.39 is 10.8 Å². The molecule has 0 bridgehead atoms. The Labute approximate surface area is 106 Å². The quantitative estimate of drug-likeness (QED) is 0.795. The first-order valence-corrected chi connectivity index (χ1v) is 7.27. The Morgan fingerprint density at radius 1 is 1.41 bits per heavy atom. The van der Waals surface area contributed by atoms with Gasteiger partial charge < -0.3 is 10.5 Å². The van der Waals surface area contributed by atoms with Gasteiger partial charge in [0.25, 0.3) is 0 Å². The number of hydrogen-bond donors (Lipinski definition) is 1. The lowest BCUT2D eigenvalue weighted by Crippen LogP contribution is -2.05. The molecular formula is C13H21NO2S. The molecule has 3 nitrogen and oxygen atoms in total. The van der Waals surface area contributed by atoms with Crippen LogP contribution in [0.3, 0.4) is 0 Å². The first kappa shape index (κ1) is 14.0. The minimum Gasteiger partial charge on any atom is -0.494 e. The van der Waals surface area contributed by atoms with Crippen LogP contribution < -0.4 is 10.5 Å². The molecule has 0 saturated carbocycles. The second-order valence-corrected chi connectivity index (χ2v) is 5.90. The van der Waals surface area contributed by atoms with Crippen LogP contribution in [0.4, 0.5) is 5.69 Å². The Hall–Kier alpha value is -1.03. The van der Waals surface area contributed by atoms with Crippen molar-refractivity contribution in [3.63, 3.8) is 0 Å². The van der Waals surface area contributed by atoms with Gasteiger partial charge in [0.15, 0.2) is 0 Å². The van der Waals surface area contributed by atoms with Crippen molar-refractivity contribution in [2.24, 2.45) is 5.92 Å². The predicted octanol–water partition coefficient (Wildman–Crippen LogP) is 2.82. The third kappa shape index (κ3) is 4.38. The summed E-state index contributed by atoms with van der Waals surface area (Å²) in [6, 6.07) is 5.35. The number of hydrogen-bond acceptors (Lipinski definition) is 3. The first-order chi connectivity index (χ1) is 8.04. The smallest absolute Gasteiger partial charge is 0.120 e. The van der Waals surface area contributed by atoms with E-state index in [0.717, 1.165) is 12.2 Å². The van der Waals surface area contributed by atoms with Gasteiger partial charge in [-0.3, -0.25) is 4.21 Å². The molecule has 17 heavy (non-hydrogen) atoms. The summed E-state index contributed by atoms with van der Waals surface area (Å²) >= 11 is 0. The van der Waals surface area contributed by atoms with Gasteiger partial charge in [-0.15, -0.1) is 0 Å². The number of rotatable bonds is 6. The van der Waals surface area contributed by atoms with Crippen molar-refractivity contribution in [2.75, 3.05) is 18.1 Å². The fourth-order valence-electron chi connectivity index (χ4n) is 1.42. The number of nitrogen functional groups attached to an aromatic ring is 1. The minimum absolute atomic E-state index is 0.551. The largest absolute Gasteiger partial charge is 0.494 e. The number of anilines is 1. The SMILES string of the molecule is CCOc1ccc(N)c(S(=O)CCC(C)C)c1. The Balaban J connectivity index is 2.80. The van der Waals surface area contributed by atoms with Crippen molar-refractivity contribution in [2.45, 2.75) is 32.1 Å². The van der Waals surface area contributed by atoms with Crippen molar-refractivity contribution in [3.05, 3.63) is 18.2 Å². The molecule has 0 spiro atoms. The minimum atomic E-state index is -1.03. The average molecular weight is 255 g/mol. The van der Waals surface area contributed by atoms with Gasteiger partial charge >= 0.3 is 0 Å². The Bertz CT molecular complexity index is 391. The van der Waals surface area contributed by atoms with Crippen LogP contribution in [0.25, 0.3) is 0 Å². The highest BCUT2D eigenvalue weighted by Crippen LogP contribution is 2.23. The zero-order valence-electron chi connectivity index (χ0n) is 10.7. The van der Waals surface area contributed by atoms with Crippen LogP contribution in [-0.2, 0) is 10.8 Å². The standard InChI is InChI=1S/C13H21NO2S/c1-4-16-11-5-6-12(14)13(9-11)17(15)8-7-10(2)3/h5-6,9-10H,4,7-8,14H2,1-3H3. The van der Waals surface area contributed by atoms with Crippen molar-refractivity contribution >= 4 is 16.5 Å². The summed E-state index contributed by atoms with van der Waals surface area (Å²) in [6.07, 6.45) is 0.935. The molecule has 0 fully saturated rings. The molecule has 0 aliphatic rings. The molecule has 0 radical (unpaired) electrons. The number of ether oxygens (including phenoxy) is 1. The Morgan fingerprint density at radius 3 is 2.71 bits per heavy atom. The molecule has 1 aromatic carbocycles. The molecule has 1 rings (SSSR count). The van der Waals surface area contributed by atoms with Gasteiger partial charge in [0.1, 0.15) is 5.75 Å². The summed E-state index contributed by atoms with van der Waals surface area (Å²) in [6.45, 7) is 6.77. The summed E-state index contributed by atoms with van der Waals surface area (Å²) in [7, 11) is -1.03. The van der Waals surface area contributed by atoms with E-state index in [1.54, 1.807) is 12.1 Å². The summed E-state index contributed by atoms with van der Waals surface area (Å²) in [5.74, 6) is 1.93. The topological polar surface area (TPSA) is 52.3 Å². The van der Waals surface area contributed by atoms with Crippen LogP contribution in [0.5, 0.6) is 5.75 Å². The second kappa shape index (κ2) is 6.64. The van der Waals surface area contributed by atoms with Crippen molar-refractivity contribution in [3.8, 4) is 5.75 Å². The Morgan fingerprint density at radius 2 is 2.12 bits per heavy atom. The number of nitrogens with two attached hydrogens (primary N) is 1. The van der Waals surface area contributed by atoms with Gasteiger partial charge in [-0.05, 0) is 37.5 Å². The van der Waals surface area contributed by atoms with E-state index in [-0.39, 0.29) is 0 Å². The zero-order valence-corrected chi connectivity index (χ0v) is 11.5. The summed E-state index contributed by atoms with van der Waals surface area (Å²) < 4.78 is 17.5. The molecule has 4 heteroatoms. The van der Waals surface area contributed by atoms with E-state index in [1.165, 1.54) is 0 Å². The highest BCUT2D eigenvalue weighted by molar-refractivity contribution is 7.85. The summed E-state index contributed by atoms with van der Waals surface area (Å²) in [5, 5.41) is 0. The average Bonchev–Trinajstić information content (AvgIpc) is 2.29. The lowest BCUT2D eigenvalue weighted by atomic mass is 10.2. The molecule has 0 aromatic heterocycles. The fraction of sp³-hybridized carbons (Fsp3) is 0.538. The molecule has 0 aliphatic carbocycles. The second-order valence-electron chi connectivity index (χ2n) is 4.36. The zero-order chi connectivity index (χ0) is 12.8. The summed E-state index contributed by atoms with van der Waals surface area (Å²) in [4.78, 5) is 0.691. The third-order valence-corrected chi connectivity index (χ3v) is 3.87. The van der Waals surface area contributed by atoms with E-state index in [4.69, 9.17) is 10.5 Å². The third-order valence-electron chi connectivity index (χ3n) is 2.42. The molecule has 0 aliphatic heterocycles. The van der Waals surface area contributed by atoms with E-state index in [9.17, 15) is 4.21 Å². The molecule has 96 valence electrons. The van der Waals surface area contributed by atoms with E-state index >= 15 is 0 Å². The van der Waals surface area contributed by atoms with Crippen molar-refractivity contribution in [1.29, 1.82) is 0 Å². The highest BCUT2D eigenvalue weighted by Gasteiger charge is 2.10. The van der Waals surface area contributed by atoms with Crippen LogP contribution in [0.15, 0.2) is 23.1 Å². The molecule has 0 saturated heterocycles. The summed E-state index contributed by atoms with van der Waals surface area (Å²) in [5.41, 5.74) is 6.42. The van der Waals surface area contributed by atoms with Gasteiger partial charge in [0.2, 0.25) is 0 Å². The lowest BCUT2D eigenvalue weighted by Gasteiger charge is -2.10. The van der Waals surface area contributed by atoms with Crippen LogP contribution in [0.2, 0.25) is 0 Å². The van der Waals surface area contributed by atoms with E-state index in [2.05, 4.69) is 13.8 Å². The molecule has 0 heterocycles. The van der Waals surface area contributed by atoms with E-state index in [1.807, 2.05) is 13.0 Å². The van der Waals surface area contributed by atoms with Crippen LogP contribution >= 0.6 is 0 Å². The lowest BCUT2D eigenvalue weighted by molar-refractivity contribution is 0.339. The van der Waals surface area contributed by atoms with Gasteiger partial charge in [0.05, 0.1) is 22.3 Å². The maximum Gasteiger partial charge on any atom is 0.120 e. The van der Waals surface area contributed by atoms with Gasteiger partial charge in [-0.25, -0.2) is 0 Å². The van der Waals surface area contributed by atoms with Crippen molar-refractivity contribution in [1.82, 2.24) is 0 Å². The molecule has 1 unspecified atom stereocenters. The first-order valence-electron chi connectivity index (χ1n) is 5.95. The predicted molar refractivity (Wildman–Crippen MR) is 72.8 cm³/mol. The number of benzene rings is 1. The van der Waals surface area contributed by atoms with E-state index in [0.29, 0.717) is 28.9 Å². The molecule has 2 N–H and O–H groups in total. The maximum atomic E-state index is 12.1.